The second-order valence-corrected chi connectivity index (χ2v) is 16.8. The van der Waals surface area contributed by atoms with Crippen LogP contribution in [0.2, 0.25) is 0 Å². The summed E-state index contributed by atoms with van der Waals surface area (Å²) in [5.74, 6) is -0.327. The van der Waals surface area contributed by atoms with E-state index in [4.69, 9.17) is 4.74 Å². The second-order valence-electron chi connectivity index (χ2n) is 5.82. The van der Waals surface area contributed by atoms with Gasteiger partial charge in [-0.2, -0.15) is 0 Å². The van der Waals surface area contributed by atoms with Gasteiger partial charge in [0.25, 0.3) is 0 Å². The molecule has 3 heteroatoms. The van der Waals surface area contributed by atoms with E-state index in [1.54, 1.807) is 0 Å². The van der Waals surface area contributed by atoms with Gasteiger partial charge in [-0.05, 0) is 0 Å². The van der Waals surface area contributed by atoms with Crippen LogP contribution in [0.5, 0.6) is 0 Å². The van der Waals surface area contributed by atoms with E-state index in [2.05, 4.69) is 43.0 Å². The quantitative estimate of drug-likeness (QED) is 0.350. The normalized spacial score (nSPS) is 10.9. The van der Waals surface area contributed by atoms with E-state index in [9.17, 15) is 4.79 Å². The first kappa shape index (κ1) is 17.5. The molecule has 0 spiro atoms. The molecule has 3 aromatic carbocycles. The van der Waals surface area contributed by atoms with Gasteiger partial charge in [0.1, 0.15) is 0 Å². The SMILES string of the molecule is C=[C](C(=O)OC)[Sn]([c]1ccccc1)([c]1ccccc1)[c]1ccccc1. The molecule has 0 fully saturated rings. The number of rotatable bonds is 5. The molecule has 3 rings (SSSR count). The van der Waals surface area contributed by atoms with Crippen molar-refractivity contribution < 1.29 is 9.53 Å². The van der Waals surface area contributed by atoms with Crippen LogP contribution in [0.3, 0.4) is 0 Å². The first-order chi connectivity index (χ1) is 12.2. The maximum absolute atomic E-state index is 12.6. The van der Waals surface area contributed by atoms with Gasteiger partial charge in [-0.25, -0.2) is 0 Å². The van der Waals surface area contributed by atoms with Gasteiger partial charge in [0.15, 0.2) is 0 Å². The minimum absolute atomic E-state index is 0.327. The third kappa shape index (κ3) is 3.14. The molecular weight excluding hydrogens is 415 g/mol. The minimum atomic E-state index is -3.79. The second kappa shape index (κ2) is 7.70. The van der Waals surface area contributed by atoms with Crippen LogP contribution in [0.4, 0.5) is 0 Å². The standard InChI is InChI=1S/3C6H5.C4H5O2.Sn/c3*1-2-4-6-5-3-1;1-3-4(5)6-2;/h3*1-5H;1H2,2H3;. The molecule has 0 atom stereocenters. The Morgan fingerprint density at radius 2 is 1.04 bits per heavy atom. The topological polar surface area (TPSA) is 26.3 Å². The van der Waals surface area contributed by atoms with E-state index in [0.717, 1.165) is 0 Å². The fourth-order valence-electron chi connectivity index (χ4n) is 3.36. The van der Waals surface area contributed by atoms with Crippen molar-refractivity contribution in [1.29, 1.82) is 0 Å². The first-order valence-corrected chi connectivity index (χ1v) is 13.9. The fraction of sp³-hybridized carbons (Fsp3) is 0.0455. The third-order valence-corrected chi connectivity index (χ3v) is 17.9. The van der Waals surface area contributed by atoms with Crippen molar-refractivity contribution in [1.82, 2.24) is 0 Å². The van der Waals surface area contributed by atoms with E-state index >= 15 is 0 Å². The number of ether oxygens (including phenoxy) is 1. The van der Waals surface area contributed by atoms with E-state index < -0.39 is 18.4 Å². The van der Waals surface area contributed by atoms with Crippen molar-refractivity contribution in [2.24, 2.45) is 0 Å². The van der Waals surface area contributed by atoms with Crippen molar-refractivity contribution in [3.8, 4) is 0 Å². The molecule has 3 aromatic rings. The van der Waals surface area contributed by atoms with E-state index in [1.807, 2.05) is 54.6 Å². The molecule has 0 unspecified atom stereocenters. The molecule has 124 valence electrons. The van der Waals surface area contributed by atoms with Gasteiger partial charge < -0.3 is 0 Å². The third-order valence-electron chi connectivity index (χ3n) is 4.50. The zero-order valence-electron chi connectivity index (χ0n) is 14.2. The van der Waals surface area contributed by atoms with Gasteiger partial charge in [-0.3, -0.25) is 0 Å². The molecule has 0 N–H and O–H groups in total. The van der Waals surface area contributed by atoms with Gasteiger partial charge in [-0.1, -0.05) is 0 Å². The fourth-order valence-corrected chi connectivity index (χ4v) is 16.3. The van der Waals surface area contributed by atoms with Crippen LogP contribution >= 0.6 is 0 Å². The van der Waals surface area contributed by atoms with E-state index in [-0.39, 0.29) is 5.97 Å². The maximum atomic E-state index is 12.6. The number of hydrogen-bond acceptors (Lipinski definition) is 2. The van der Waals surface area contributed by atoms with Gasteiger partial charge in [0.05, 0.1) is 0 Å². The van der Waals surface area contributed by atoms with Crippen LogP contribution in [0.15, 0.2) is 101 Å². The van der Waals surface area contributed by atoms with Crippen molar-refractivity contribution in [2.45, 2.75) is 0 Å². The Kier molecular flexibility index (Phi) is 5.39. The Bertz CT molecular complexity index is 762. The summed E-state index contributed by atoms with van der Waals surface area (Å²) in [6, 6.07) is 30.8. The number of benzene rings is 3. The molecule has 2 nitrogen and oxygen atoms in total. The molecule has 0 radical (unpaired) electrons. The summed E-state index contributed by atoms with van der Waals surface area (Å²) >= 11 is -3.79. The average Bonchev–Trinajstić information content (AvgIpc) is 2.70. The first-order valence-electron chi connectivity index (χ1n) is 8.15. The zero-order valence-corrected chi connectivity index (χ0v) is 17.0. The Morgan fingerprint density at radius 3 is 1.32 bits per heavy atom. The number of carbonyl (C=O) groups excluding carboxylic acids is 1. The Labute approximate surface area is 152 Å². The van der Waals surface area contributed by atoms with Gasteiger partial charge in [0.2, 0.25) is 0 Å². The predicted octanol–water partition coefficient (Wildman–Crippen LogP) is 2.43. The van der Waals surface area contributed by atoms with Gasteiger partial charge in [-0.15, -0.1) is 0 Å². The summed E-state index contributed by atoms with van der Waals surface area (Å²) in [6.07, 6.45) is 0. The summed E-state index contributed by atoms with van der Waals surface area (Å²) in [5.41, 5.74) is 0. The van der Waals surface area contributed by atoms with Crippen molar-refractivity contribution >= 4 is 35.1 Å². The molecular formula is C22H20O2Sn. The monoisotopic (exact) mass is 436 g/mol. The van der Waals surface area contributed by atoms with Crippen molar-refractivity contribution in [3.05, 3.63) is 101 Å². The molecule has 0 saturated heterocycles. The molecule has 0 aliphatic rings. The van der Waals surface area contributed by atoms with Crippen LogP contribution in [-0.2, 0) is 9.53 Å². The number of hydrogen-bond donors (Lipinski definition) is 0. The molecule has 0 saturated carbocycles. The summed E-state index contributed by atoms with van der Waals surface area (Å²) in [7, 11) is 1.42. The molecule has 0 bridgehead atoms. The number of carbonyl (C=O) groups is 1. The summed E-state index contributed by atoms with van der Waals surface area (Å²) in [4.78, 5) is 12.6. The Balaban J connectivity index is 2.40. The van der Waals surface area contributed by atoms with Crippen LogP contribution < -0.4 is 10.7 Å². The molecule has 0 aliphatic carbocycles. The summed E-state index contributed by atoms with van der Waals surface area (Å²) in [5, 5.41) is 0. The number of methoxy groups -OCH3 is 1. The van der Waals surface area contributed by atoms with E-state index in [1.165, 1.54) is 17.8 Å². The van der Waals surface area contributed by atoms with Crippen LogP contribution in [-0.4, -0.2) is 31.5 Å². The molecule has 25 heavy (non-hydrogen) atoms. The molecule has 0 aromatic heterocycles. The summed E-state index contributed by atoms with van der Waals surface area (Å²) in [6.45, 7) is 4.25. The molecule has 0 amide bonds. The summed E-state index contributed by atoms with van der Waals surface area (Å²) < 4.78 is 9.25. The van der Waals surface area contributed by atoms with Crippen LogP contribution in [0.1, 0.15) is 0 Å². The van der Waals surface area contributed by atoms with Crippen molar-refractivity contribution in [3.63, 3.8) is 0 Å². The molecule has 0 heterocycles. The Hall–Kier alpha value is -2.33. The van der Waals surface area contributed by atoms with E-state index in [0.29, 0.717) is 3.59 Å². The predicted molar refractivity (Wildman–Crippen MR) is 105 cm³/mol. The Morgan fingerprint density at radius 1 is 0.720 bits per heavy atom. The van der Waals surface area contributed by atoms with Gasteiger partial charge >= 0.3 is 153 Å². The van der Waals surface area contributed by atoms with Gasteiger partial charge in [0, 0.05) is 0 Å². The van der Waals surface area contributed by atoms with Crippen molar-refractivity contribution in [2.75, 3.05) is 7.11 Å². The zero-order chi connectivity index (χ0) is 17.7. The average molecular weight is 435 g/mol. The number of esters is 1. The van der Waals surface area contributed by atoms with Crippen LogP contribution in [0.25, 0.3) is 0 Å². The molecule has 0 aliphatic heterocycles. The van der Waals surface area contributed by atoms with Crippen LogP contribution in [0, 0.1) is 0 Å².